The van der Waals surface area contributed by atoms with Crippen molar-refractivity contribution in [3.8, 4) is 11.1 Å². The molecule has 2 nitrogen and oxygen atoms in total. The van der Waals surface area contributed by atoms with Crippen molar-refractivity contribution in [1.29, 1.82) is 0 Å². The van der Waals surface area contributed by atoms with Crippen LogP contribution in [0.25, 0.3) is 21.2 Å². The standard InChI is InChI=1S/C54H59BN2SSi/c1-34-29-46-49-47(30-34)57(44-26-21-37(53(5,6)7)31-41(44)35-17-15-14-16-18-35)45-27-22-38(54(8,9)10)32-43(45)55(49)51-50(42-33-40(59(11,12)13)25-28-48(42)58-51)56(46)39-23-19-36(20-24-39)52(2,3)4/h14-33H,1-13H3. The molecule has 0 amide bonds. The molecule has 5 heteroatoms. The molecule has 298 valence electrons. The average molecular weight is 807 g/mol. The van der Waals surface area contributed by atoms with Crippen LogP contribution in [0.15, 0.2) is 121 Å². The Morgan fingerprint density at radius 1 is 0.542 bits per heavy atom. The number of nitrogens with zero attached hydrogens (tertiary/aromatic N) is 2. The molecule has 0 unspecified atom stereocenters. The Morgan fingerprint density at radius 3 is 1.73 bits per heavy atom. The van der Waals surface area contributed by atoms with Crippen molar-refractivity contribution in [3.05, 3.63) is 144 Å². The Morgan fingerprint density at radius 2 is 1.12 bits per heavy atom. The molecule has 0 bridgehead atoms. The highest BCUT2D eigenvalue weighted by molar-refractivity contribution is 7.33. The van der Waals surface area contributed by atoms with E-state index in [4.69, 9.17) is 0 Å². The van der Waals surface area contributed by atoms with Crippen LogP contribution in [0.3, 0.4) is 0 Å². The third kappa shape index (κ3) is 6.70. The molecule has 59 heavy (non-hydrogen) atoms. The molecule has 0 N–H and O–H groups in total. The fraction of sp³-hybridized carbons (Fsp3) is 0.296. The van der Waals surface area contributed by atoms with E-state index < -0.39 is 8.07 Å². The Hall–Kier alpha value is -4.84. The van der Waals surface area contributed by atoms with Gasteiger partial charge in [0.25, 0.3) is 6.71 Å². The first-order valence-corrected chi connectivity index (χ1v) is 25.8. The van der Waals surface area contributed by atoms with E-state index >= 15 is 0 Å². The van der Waals surface area contributed by atoms with Crippen molar-refractivity contribution in [2.24, 2.45) is 0 Å². The molecule has 9 rings (SSSR count). The third-order valence-corrected chi connectivity index (χ3v) is 16.0. The quantitative estimate of drug-likeness (QED) is 0.164. The first kappa shape index (κ1) is 39.6. The molecule has 0 saturated heterocycles. The summed E-state index contributed by atoms with van der Waals surface area (Å²) in [5, 5.41) is 2.88. The second-order valence-electron chi connectivity index (χ2n) is 21.3. The van der Waals surface area contributed by atoms with E-state index in [-0.39, 0.29) is 23.0 Å². The van der Waals surface area contributed by atoms with E-state index in [0.717, 1.165) is 0 Å². The summed E-state index contributed by atoms with van der Waals surface area (Å²) < 4.78 is 2.79. The lowest BCUT2D eigenvalue weighted by molar-refractivity contribution is 0.590. The molecule has 0 spiro atoms. The van der Waals surface area contributed by atoms with Crippen LogP contribution in [-0.2, 0) is 16.2 Å². The van der Waals surface area contributed by atoms with Crippen LogP contribution in [0.5, 0.6) is 0 Å². The molecule has 0 fully saturated rings. The second-order valence-corrected chi connectivity index (χ2v) is 27.4. The summed E-state index contributed by atoms with van der Waals surface area (Å²) in [6.45, 7) is 30.7. The summed E-state index contributed by atoms with van der Waals surface area (Å²) in [6, 6.07) is 47.4. The molecular formula is C54H59BN2SSi. The zero-order valence-electron chi connectivity index (χ0n) is 37.4. The van der Waals surface area contributed by atoms with Gasteiger partial charge in [-0.05, 0) is 110 Å². The number of rotatable bonds is 4. The lowest BCUT2D eigenvalue weighted by atomic mass is 9.36. The van der Waals surface area contributed by atoms with E-state index in [9.17, 15) is 0 Å². The van der Waals surface area contributed by atoms with Crippen molar-refractivity contribution in [3.63, 3.8) is 0 Å². The van der Waals surface area contributed by atoms with E-state index in [2.05, 4.69) is 220 Å². The Balaban J connectivity index is 1.41. The molecular weight excluding hydrogens is 748 g/mol. The highest BCUT2D eigenvalue weighted by atomic mass is 32.1. The van der Waals surface area contributed by atoms with Gasteiger partial charge in [0, 0.05) is 43.2 Å². The zero-order valence-corrected chi connectivity index (χ0v) is 39.2. The SMILES string of the molecule is Cc1cc2c3c(c1)N(c1ccc(C(C)(C)C)cc1)c1c(sc4ccc([Si](C)(C)C)cc14)B3c1cc(C(C)(C)C)ccc1N2c1ccc(C(C)(C)C)cc1-c1ccccc1. The molecule has 0 aliphatic carbocycles. The van der Waals surface area contributed by atoms with Crippen LogP contribution in [0.4, 0.5) is 34.1 Å². The first-order chi connectivity index (χ1) is 27.7. The average Bonchev–Trinajstić information content (AvgIpc) is 3.55. The molecule has 0 saturated carbocycles. The Kier molecular flexibility index (Phi) is 9.13. The highest BCUT2D eigenvalue weighted by Gasteiger charge is 2.46. The molecule has 0 radical (unpaired) electrons. The van der Waals surface area contributed by atoms with Gasteiger partial charge in [0.1, 0.15) is 0 Å². The number of fused-ring (bicyclic) bond motifs is 6. The predicted octanol–water partition coefficient (Wildman–Crippen LogP) is 13.4. The van der Waals surface area contributed by atoms with E-state index in [1.54, 1.807) is 0 Å². The van der Waals surface area contributed by atoms with Crippen LogP contribution in [0.1, 0.15) is 84.6 Å². The minimum Gasteiger partial charge on any atom is -0.311 e. The van der Waals surface area contributed by atoms with Gasteiger partial charge >= 0.3 is 0 Å². The number of hydrogen-bond donors (Lipinski definition) is 0. The molecule has 2 aliphatic rings. The van der Waals surface area contributed by atoms with Crippen molar-refractivity contribution in [2.75, 3.05) is 9.80 Å². The zero-order chi connectivity index (χ0) is 42.0. The molecule has 1 aromatic heterocycles. The number of thiophene rings is 1. The van der Waals surface area contributed by atoms with Crippen molar-refractivity contribution in [1.82, 2.24) is 0 Å². The van der Waals surface area contributed by atoms with Gasteiger partial charge in [-0.25, -0.2) is 0 Å². The van der Waals surface area contributed by atoms with Crippen LogP contribution >= 0.6 is 11.3 Å². The summed E-state index contributed by atoms with van der Waals surface area (Å²) in [6.07, 6.45) is 0. The van der Waals surface area contributed by atoms with Crippen LogP contribution < -0.4 is 30.7 Å². The summed E-state index contributed by atoms with van der Waals surface area (Å²) in [4.78, 5) is 5.25. The topological polar surface area (TPSA) is 6.48 Å². The molecule has 7 aromatic rings. The van der Waals surface area contributed by atoms with E-state index in [1.165, 1.54) is 98.5 Å². The molecule has 6 aromatic carbocycles. The van der Waals surface area contributed by atoms with E-state index in [1.807, 2.05) is 11.3 Å². The molecule has 0 atom stereocenters. The summed E-state index contributed by atoms with van der Waals surface area (Å²) in [5.74, 6) is 0. The van der Waals surface area contributed by atoms with Gasteiger partial charge in [-0.15, -0.1) is 11.3 Å². The second kappa shape index (κ2) is 13.6. The van der Waals surface area contributed by atoms with Gasteiger partial charge in [-0.3, -0.25) is 0 Å². The summed E-state index contributed by atoms with van der Waals surface area (Å²) in [7, 11) is -1.61. The number of anilines is 6. The Labute approximate surface area is 359 Å². The number of hydrogen-bond acceptors (Lipinski definition) is 3. The van der Waals surface area contributed by atoms with Gasteiger partial charge in [0.2, 0.25) is 0 Å². The van der Waals surface area contributed by atoms with E-state index in [0.29, 0.717) is 0 Å². The maximum absolute atomic E-state index is 2.63. The third-order valence-electron chi connectivity index (χ3n) is 12.7. The normalized spacial score (nSPS) is 14.1. The molecule has 3 heterocycles. The lowest BCUT2D eigenvalue weighted by Gasteiger charge is -2.44. The minimum atomic E-state index is -1.61. The van der Waals surface area contributed by atoms with Crippen molar-refractivity contribution < 1.29 is 0 Å². The number of aryl methyl sites for hydroxylation is 1. The minimum absolute atomic E-state index is 0.00698. The van der Waals surface area contributed by atoms with Gasteiger partial charge in [0.05, 0.1) is 19.4 Å². The van der Waals surface area contributed by atoms with Gasteiger partial charge < -0.3 is 9.80 Å². The lowest BCUT2D eigenvalue weighted by Crippen LogP contribution is -2.60. The predicted molar refractivity (Wildman–Crippen MR) is 265 cm³/mol. The van der Waals surface area contributed by atoms with Gasteiger partial charge in [-0.1, -0.05) is 160 Å². The fourth-order valence-electron chi connectivity index (χ4n) is 9.24. The first-order valence-electron chi connectivity index (χ1n) is 21.5. The van der Waals surface area contributed by atoms with Crippen LogP contribution in [-0.4, -0.2) is 14.8 Å². The number of benzene rings is 6. The van der Waals surface area contributed by atoms with Crippen LogP contribution in [0.2, 0.25) is 19.6 Å². The highest BCUT2D eigenvalue weighted by Crippen LogP contribution is 2.50. The Bertz CT molecular complexity index is 2770. The largest absolute Gasteiger partial charge is 0.311 e. The fourth-order valence-corrected chi connectivity index (χ4v) is 11.7. The summed E-state index contributed by atoms with van der Waals surface area (Å²) >= 11 is 2.00. The smallest absolute Gasteiger partial charge is 0.264 e. The monoisotopic (exact) mass is 806 g/mol. The van der Waals surface area contributed by atoms with Gasteiger partial charge in [-0.2, -0.15) is 0 Å². The summed E-state index contributed by atoms with van der Waals surface area (Å²) in [5.41, 5.74) is 18.2. The van der Waals surface area contributed by atoms with Crippen molar-refractivity contribution in [2.45, 2.75) is 105 Å². The maximum Gasteiger partial charge on any atom is 0.264 e. The molecule has 2 aliphatic heterocycles. The van der Waals surface area contributed by atoms with Crippen LogP contribution in [0, 0.1) is 6.92 Å². The maximum atomic E-state index is 2.63. The van der Waals surface area contributed by atoms with Gasteiger partial charge in [0.15, 0.2) is 0 Å². The van der Waals surface area contributed by atoms with Crippen molar-refractivity contribution >= 4 is 91.2 Å².